The van der Waals surface area contributed by atoms with Crippen molar-refractivity contribution < 1.29 is 5.11 Å². The highest BCUT2D eigenvalue weighted by molar-refractivity contribution is 4.81. The molecule has 2 unspecified atom stereocenters. The molecular formula is C13H29NO. The van der Waals surface area contributed by atoms with Crippen molar-refractivity contribution in [1.82, 2.24) is 4.90 Å². The smallest absolute Gasteiger partial charge is 0.0768 e. The van der Waals surface area contributed by atoms with Gasteiger partial charge < -0.3 is 10.0 Å². The molecule has 0 aromatic heterocycles. The SMILES string of the molecule is CC(C)CC(C)N(C)CC(C)(O)C(C)C. The summed E-state index contributed by atoms with van der Waals surface area (Å²) in [5.74, 6) is 1.01. The van der Waals surface area contributed by atoms with E-state index < -0.39 is 5.60 Å². The second-order valence-corrected chi connectivity index (χ2v) is 5.91. The average Bonchev–Trinajstić information content (AvgIpc) is 2.01. The van der Waals surface area contributed by atoms with Gasteiger partial charge in [-0.1, -0.05) is 27.7 Å². The second-order valence-electron chi connectivity index (χ2n) is 5.91. The van der Waals surface area contributed by atoms with E-state index in [1.165, 1.54) is 6.42 Å². The largest absolute Gasteiger partial charge is 0.389 e. The summed E-state index contributed by atoms with van der Waals surface area (Å²) in [7, 11) is 2.10. The Morgan fingerprint density at radius 2 is 1.60 bits per heavy atom. The van der Waals surface area contributed by atoms with Crippen LogP contribution in [-0.4, -0.2) is 35.2 Å². The van der Waals surface area contributed by atoms with E-state index in [1.54, 1.807) is 0 Å². The number of nitrogens with zero attached hydrogens (tertiary/aromatic N) is 1. The van der Waals surface area contributed by atoms with E-state index in [-0.39, 0.29) is 0 Å². The molecule has 0 spiro atoms. The first-order valence-electron chi connectivity index (χ1n) is 6.09. The second kappa shape index (κ2) is 5.86. The van der Waals surface area contributed by atoms with Gasteiger partial charge in [0.1, 0.15) is 0 Å². The Hall–Kier alpha value is -0.0800. The lowest BCUT2D eigenvalue weighted by Crippen LogP contribution is -2.46. The van der Waals surface area contributed by atoms with Crippen molar-refractivity contribution in [2.24, 2.45) is 11.8 Å². The van der Waals surface area contributed by atoms with E-state index in [1.807, 2.05) is 6.92 Å². The van der Waals surface area contributed by atoms with Gasteiger partial charge in [0.25, 0.3) is 0 Å². The van der Waals surface area contributed by atoms with Crippen molar-refractivity contribution in [3.05, 3.63) is 0 Å². The number of rotatable bonds is 6. The molecule has 0 aliphatic carbocycles. The fourth-order valence-electron chi connectivity index (χ4n) is 1.71. The molecule has 0 heterocycles. The van der Waals surface area contributed by atoms with Crippen LogP contribution in [0.1, 0.15) is 48.0 Å². The fourth-order valence-corrected chi connectivity index (χ4v) is 1.71. The molecule has 15 heavy (non-hydrogen) atoms. The van der Waals surface area contributed by atoms with Crippen molar-refractivity contribution in [3.8, 4) is 0 Å². The summed E-state index contributed by atoms with van der Waals surface area (Å²) in [6, 6.07) is 0.537. The Balaban J connectivity index is 4.17. The van der Waals surface area contributed by atoms with E-state index in [4.69, 9.17) is 0 Å². The summed E-state index contributed by atoms with van der Waals surface area (Å²) >= 11 is 0. The molecule has 0 rings (SSSR count). The Morgan fingerprint density at radius 1 is 1.13 bits per heavy atom. The first-order valence-corrected chi connectivity index (χ1v) is 6.09. The van der Waals surface area contributed by atoms with Gasteiger partial charge in [0.15, 0.2) is 0 Å². The highest BCUT2D eigenvalue weighted by Gasteiger charge is 2.28. The molecule has 2 heteroatoms. The monoisotopic (exact) mass is 215 g/mol. The van der Waals surface area contributed by atoms with Crippen LogP contribution in [-0.2, 0) is 0 Å². The van der Waals surface area contributed by atoms with Gasteiger partial charge in [-0.2, -0.15) is 0 Å². The van der Waals surface area contributed by atoms with Crippen molar-refractivity contribution in [1.29, 1.82) is 0 Å². The Bertz CT molecular complexity index is 175. The molecule has 0 saturated heterocycles. The van der Waals surface area contributed by atoms with Gasteiger partial charge in [0, 0.05) is 12.6 Å². The Morgan fingerprint density at radius 3 is 1.93 bits per heavy atom. The van der Waals surface area contributed by atoms with E-state index >= 15 is 0 Å². The molecule has 1 N–H and O–H groups in total. The first kappa shape index (κ1) is 14.9. The summed E-state index contributed by atoms with van der Waals surface area (Å²) < 4.78 is 0. The standard InChI is InChI=1S/C13H29NO/c1-10(2)8-12(5)14(7)9-13(6,15)11(3)4/h10-12,15H,8-9H2,1-7H3. The van der Waals surface area contributed by atoms with Crippen LogP contribution in [0.15, 0.2) is 0 Å². The molecule has 0 aromatic rings. The molecule has 0 aliphatic heterocycles. The number of hydrogen-bond donors (Lipinski definition) is 1. The molecule has 0 bridgehead atoms. The van der Waals surface area contributed by atoms with Gasteiger partial charge >= 0.3 is 0 Å². The van der Waals surface area contributed by atoms with Crippen LogP contribution in [0, 0.1) is 11.8 Å². The van der Waals surface area contributed by atoms with Gasteiger partial charge in [-0.25, -0.2) is 0 Å². The minimum Gasteiger partial charge on any atom is -0.389 e. The van der Waals surface area contributed by atoms with Crippen LogP contribution in [0.2, 0.25) is 0 Å². The molecule has 92 valence electrons. The van der Waals surface area contributed by atoms with Crippen LogP contribution in [0.25, 0.3) is 0 Å². The van der Waals surface area contributed by atoms with Crippen molar-refractivity contribution >= 4 is 0 Å². The van der Waals surface area contributed by atoms with Crippen LogP contribution >= 0.6 is 0 Å². The summed E-state index contributed by atoms with van der Waals surface area (Å²) in [6.07, 6.45) is 1.19. The zero-order chi connectivity index (χ0) is 12.2. The van der Waals surface area contributed by atoms with E-state index in [0.29, 0.717) is 17.9 Å². The maximum absolute atomic E-state index is 10.2. The lowest BCUT2D eigenvalue weighted by atomic mass is 9.91. The van der Waals surface area contributed by atoms with Gasteiger partial charge in [-0.15, -0.1) is 0 Å². The normalized spacial score (nSPS) is 18.6. The fraction of sp³-hybridized carbons (Fsp3) is 1.00. The third kappa shape index (κ3) is 5.53. The predicted octanol–water partition coefficient (Wildman–Crippen LogP) is 2.76. The zero-order valence-corrected chi connectivity index (χ0v) is 11.5. The molecule has 0 radical (unpaired) electrons. The van der Waals surface area contributed by atoms with Crippen LogP contribution in [0.5, 0.6) is 0 Å². The molecule has 0 aliphatic rings. The minimum absolute atomic E-state index is 0.297. The summed E-state index contributed by atoms with van der Waals surface area (Å²) in [4.78, 5) is 2.26. The van der Waals surface area contributed by atoms with Crippen molar-refractivity contribution in [2.75, 3.05) is 13.6 Å². The van der Waals surface area contributed by atoms with E-state index in [9.17, 15) is 5.11 Å². The summed E-state index contributed by atoms with van der Waals surface area (Å²) in [6.45, 7) is 13.5. The summed E-state index contributed by atoms with van der Waals surface area (Å²) in [5, 5.41) is 10.2. The number of likely N-dealkylation sites (N-methyl/N-ethyl adjacent to an activating group) is 1. The number of hydrogen-bond acceptors (Lipinski definition) is 2. The Kier molecular flexibility index (Phi) is 5.82. The topological polar surface area (TPSA) is 23.5 Å². The Labute approximate surface area is 95.7 Å². The third-order valence-corrected chi connectivity index (χ3v) is 3.38. The molecule has 0 saturated carbocycles. The van der Waals surface area contributed by atoms with Crippen LogP contribution in [0.3, 0.4) is 0 Å². The molecule has 2 atom stereocenters. The minimum atomic E-state index is -0.583. The molecular weight excluding hydrogens is 186 g/mol. The molecule has 0 fully saturated rings. The summed E-state index contributed by atoms with van der Waals surface area (Å²) in [5.41, 5.74) is -0.583. The molecule has 2 nitrogen and oxygen atoms in total. The van der Waals surface area contributed by atoms with Crippen LogP contribution in [0.4, 0.5) is 0 Å². The van der Waals surface area contributed by atoms with Crippen molar-refractivity contribution in [3.63, 3.8) is 0 Å². The highest BCUT2D eigenvalue weighted by Crippen LogP contribution is 2.19. The van der Waals surface area contributed by atoms with Gasteiger partial charge in [0.05, 0.1) is 5.60 Å². The molecule has 0 amide bonds. The van der Waals surface area contributed by atoms with Crippen LogP contribution < -0.4 is 0 Å². The average molecular weight is 215 g/mol. The lowest BCUT2D eigenvalue weighted by molar-refractivity contribution is -0.0221. The maximum atomic E-state index is 10.2. The zero-order valence-electron chi connectivity index (χ0n) is 11.5. The van der Waals surface area contributed by atoms with Gasteiger partial charge in [-0.3, -0.25) is 0 Å². The van der Waals surface area contributed by atoms with Crippen molar-refractivity contribution in [2.45, 2.75) is 59.6 Å². The van der Waals surface area contributed by atoms with Gasteiger partial charge in [0.2, 0.25) is 0 Å². The first-order chi connectivity index (χ1) is 6.66. The highest BCUT2D eigenvalue weighted by atomic mass is 16.3. The lowest BCUT2D eigenvalue weighted by Gasteiger charge is -2.35. The van der Waals surface area contributed by atoms with Gasteiger partial charge in [-0.05, 0) is 39.2 Å². The quantitative estimate of drug-likeness (QED) is 0.736. The number of aliphatic hydroxyl groups is 1. The predicted molar refractivity (Wildman–Crippen MR) is 67.0 cm³/mol. The third-order valence-electron chi connectivity index (χ3n) is 3.38. The molecule has 0 aromatic carbocycles. The van der Waals surface area contributed by atoms with E-state index in [0.717, 1.165) is 6.54 Å². The van der Waals surface area contributed by atoms with E-state index in [2.05, 4.69) is 46.6 Å². The maximum Gasteiger partial charge on any atom is 0.0768 e.